The number of rotatable bonds is 5. The zero-order valence-corrected chi connectivity index (χ0v) is 16.8. The second kappa shape index (κ2) is 7.04. The fourth-order valence-corrected chi connectivity index (χ4v) is 4.10. The quantitative estimate of drug-likeness (QED) is 0.767. The van der Waals surface area contributed by atoms with Crippen molar-refractivity contribution >= 4 is 22.0 Å². The van der Waals surface area contributed by atoms with E-state index in [4.69, 9.17) is 4.74 Å². The SMILES string of the molecule is CC(c1ccccc1Br)N1CCC(CC(C)(C)O)(C(C)C)OC1=O. The van der Waals surface area contributed by atoms with Crippen LogP contribution >= 0.6 is 15.9 Å². The van der Waals surface area contributed by atoms with E-state index in [0.717, 1.165) is 16.5 Å². The molecule has 1 saturated heterocycles. The Balaban J connectivity index is 2.20. The maximum atomic E-state index is 12.7. The van der Waals surface area contributed by atoms with Gasteiger partial charge < -0.3 is 14.7 Å². The first-order valence-electron chi connectivity index (χ1n) is 8.52. The van der Waals surface area contributed by atoms with Crippen LogP contribution in [0.5, 0.6) is 0 Å². The largest absolute Gasteiger partial charge is 0.442 e. The van der Waals surface area contributed by atoms with Crippen molar-refractivity contribution in [3.05, 3.63) is 34.3 Å². The van der Waals surface area contributed by atoms with Crippen LogP contribution in [-0.4, -0.2) is 33.8 Å². The molecule has 1 fully saturated rings. The zero-order chi connectivity index (χ0) is 18.1. The summed E-state index contributed by atoms with van der Waals surface area (Å²) in [6, 6.07) is 7.86. The van der Waals surface area contributed by atoms with Crippen molar-refractivity contribution in [2.45, 2.75) is 64.7 Å². The summed E-state index contributed by atoms with van der Waals surface area (Å²) in [5.41, 5.74) is -0.422. The number of cyclic esters (lactones) is 1. The molecular weight excluding hydrogens is 370 g/mol. The normalized spacial score (nSPS) is 23.3. The number of ether oxygens (including phenoxy) is 1. The Morgan fingerprint density at radius 2 is 1.96 bits per heavy atom. The molecule has 1 aromatic rings. The minimum absolute atomic E-state index is 0.0691. The van der Waals surface area contributed by atoms with Gasteiger partial charge in [-0.3, -0.25) is 0 Å². The molecule has 1 aliphatic heterocycles. The first-order valence-corrected chi connectivity index (χ1v) is 9.31. The van der Waals surface area contributed by atoms with Gasteiger partial charge in [-0.25, -0.2) is 4.79 Å². The molecule has 2 rings (SSSR count). The van der Waals surface area contributed by atoms with Gasteiger partial charge in [0.05, 0.1) is 11.6 Å². The molecule has 0 aliphatic carbocycles. The Kier molecular flexibility index (Phi) is 5.65. The van der Waals surface area contributed by atoms with E-state index in [1.807, 2.05) is 45.0 Å². The second-order valence-electron chi connectivity index (χ2n) is 7.72. The fourth-order valence-electron chi connectivity index (χ4n) is 3.49. The monoisotopic (exact) mass is 397 g/mol. The van der Waals surface area contributed by atoms with E-state index in [-0.39, 0.29) is 18.1 Å². The van der Waals surface area contributed by atoms with Gasteiger partial charge in [0.15, 0.2) is 0 Å². The van der Waals surface area contributed by atoms with Gasteiger partial charge in [-0.05, 0) is 38.3 Å². The summed E-state index contributed by atoms with van der Waals surface area (Å²) in [6.45, 7) is 10.3. The van der Waals surface area contributed by atoms with Crippen molar-refractivity contribution < 1.29 is 14.6 Å². The van der Waals surface area contributed by atoms with Gasteiger partial charge in [-0.15, -0.1) is 0 Å². The molecule has 4 nitrogen and oxygen atoms in total. The lowest BCUT2D eigenvalue weighted by molar-refractivity contribution is -0.119. The van der Waals surface area contributed by atoms with Gasteiger partial charge in [-0.1, -0.05) is 48.0 Å². The van der Waals surface area contributed by atoms with Crippen molar-refractivity contribution in [3.63, 3.8) is 0 Å². The Labute approximate surface area is 153 Å². The highest BCUT2D eigenvalue weighted by molar-refractivity contribution is 9.10. The van der Waals surface area contributed by atoms with Crippen LogP contribution in [0.15, 0.2) is 28.7 Å². The minimum Gasteiger partial charge on any atom is -0.442 e. The van der Waals surface area contributed by atoms with Crippen molar-refractivity contribution in [3.8, 4) is 0 Å². The lowest BCUT2D eigenvalue weighted by Gasteiger charge is -2.47. The topological polar surface area (TPSA) is 49.8 Å². The van der Waals surface area contributed by atoms with Crippen LogP contribution in [0, 0.1) is 5.92 Å². The number of nitrogens with zero attached hydrogens (tertiary/aromatic N) is 1. The summed E-state index contributed by atoms with van der Waals surface area (Å²) < 4.78 is 6.91. The van der Waals surface area contributed by atoms with Crippen LogP contribution in [-0.2, 0) is 4.74 Å². The van der Waals surface area contributed by atoms with E-state index in [2.05, 4.69) is 15.9 Å². The molecule has 5 heteroatoms. The Morgan fingerprint density at radius 1 is 1.33 bits per heavy atom. The lowest BCUT2D eigenvalue weighted by Crippen LogP contribution is -2.55. The Morgan fingerprint density at radius 3 is 2.46 bits per heavy atom. The molecule has 1 aromatic carbocycles. The maximum absolute atomic E-state index is 12.7. The lowest BCUT2D eigenvalue weighted by atomic mass is 9.77. The van der Waals surface area contributed by atoms with Gasteiger partial charge >= 0.3 is 6.09 Å². The molecule has 1 N–H and O–H groups in total. The molecule has 134 valence electrons. The van der Waals surface area contributed by atoms with Crippen LogP contribution < -0.4 is 0 Å². The van der Waals surface area contributed by atoms with Gasteiger partial charge in [0, 0.05) is 23.9 Å². The van der Waals surface area contributed by atoms with Crippen molar-refractivity contribution in [1.82, 2.24) is 4.90 Å². The van der Waals surface area contributed by atoms with Crippen LogP contribution in [0.1, 0.15) is 59.1 Å². The molecule has 0 saturated carbocycles. The molecule has 2 atom stereocenters. The van der Waals surface area contributed by atoms with E-state index >= 15 is 0 Å². The first-order chi connectivity index (χ1) is 11.1. The molecule has 1 heterocycles. The predicted octanol–water partition coefficient (Wildman–Crippen LogP) is 4.91. The highest BCUT2D eigenvalue weighted by atomic mass is 79.9. The average Bonchev–Trinajstić information content (AvgIpc) is 2.45. The molecule has 0 aromatic heterocycles. The predicted molar refractivity (Wildman–Crippen MR) is 98.8 cm³/mol. The smallest absolute Gasteiger partial charge is 0.410 e. The third kappa shape index (κ3) is 4.12. The van der Waals surface area contributed by atoms with E-state index in [1.54, 1.807) is 18.7 Å². The van der Waals surface area contributed by atoms with E-state index in [0.29, 0.717) is 13.0 Å². The van der Waals surface area contributed by atoms with Crippen LogP contribution in [0.2, 0.25) is 0 Å². The zero-order valence-electron chi connectivity index (χ0n) is 15.2. The molecule has 0 bridgehead atoms. The molecular formula is C19H28BrNO3. The summed E-state index contributed by atoms with van der Waals surface area (Å²) in [6.07, 6.45) is 0.859. The van der Waals surface area contributed by atoms with E-state index in [9.17, 15) is 9.90 Å². The number of halogens is 1. The third-order valence-corrected chi connectivity index (χ3v) is 5.63. The van der Waals surface area contributed by atoms with Crippen molar-refractivity contribution in [1.29, 1.82) is 0 Å². The molecule has 1 aliphatic rings. The van der Waals surface area contributed by atoms with Gasteiger partial charge in [0.25, 0.3) is 0 Å². The number of amides is 1. The van der Waals surface area contributed by atoms with Gasteiger partial charge in [0.2, 0.25) is 0 Å². The summed E-state index contributed by atoms with van der Waals surface area (Å²) in [4.78, 5) is 14.5. The fraction of sp³-hybridized carbons (Fsp3) is 0.632. The van der Waals surface area contributed by atoms with Crippen molar-refractivity contribution in [2.75, 3.05) is 6.54 Å². The van der Waals surface area contributed by atoms with Crippen LogP contribution in [0.25, 0.3) is 0 Å². The molecule has 2 unspecified atom stereocenters. The highest BCUT2D eigenvalue weighted by Gasteiger charge is 2.47. The highest BCUT2D eigenvalue weighted by Crippen LogP contribution is 2.40. The molecule has 1 amide bonds. The van der Waals surface area contributed by atoms with E-state index < -0.39 is 11.2 Å². The van der Waals surface area contributed by atoms with Gasteiger partial charge in [-0.2, -0.15) is 0 Å². The third-order valence-electron chi connectivity index (χ3n) is 4.91. The van der Waals surface area contributed by atoms with Crippen molar-refractivity contribution in [2.24, 2.45) is 5.92 Å². The summed E-state index contributed by atoms with van der Waals surface area (Å²) in [5, 5.41) is 10.2. The average molecular weight is 398 g/mol. The standard InChI is InChI=1S/C19H28BrNO3/c1-13(2)19(12-18(4,5)23)10-11-21(17(22)24-19)14(3)15-8-6-7-9-16(15)20/h6-9,13-14,23H,10-12H2,1-5H3. The summed E-state index contributed by atoms with van der Waals surface area (Å²) in [7, 11) is 0. The van der Waals surface area contributed by atoms with Gasteiger partial charge in [0.1, 0.15) is 5.60 Å². The number of carbonyl (C=O) groups excluding carboxylic acids is 1. The number of hydrogen-bond donors (Lipinski definition) is 1. The van der Waals surface area contributed by atoms with Crippen LogP contribution in [0.4, 0.5) is 4.79 Å². The number of carbonyl (C=O) groups is 1. The second-order valence-corrected chi connectivity index (χ2v) is 8.57. The summed E-state index contributed by atoms with van der Waals surface area (Å²) >= 11 is 3.56. The number of hydrogen-bond acceptors (Lipinski definition) is 3. The first kappa shape index (κ1) is 19.3. The Bertz CT molecular complexity index is 597. The maximum Gasteiger partial charge on any atom is 0.410 e. The van der Waals surface area contributed by atoms with E-state index in [1.165, 1.54) is 0 Å². The number of benzene rings is 1. The molecule has 0 spiro atoms. The van der Waals surface area contributed by atoms with Crippen LogP contribution in [0.3, 0.4) is 0 Å². The Hall–Kier alpha value is -1.07. The molecule has 24 heavy (non-hydrogen) atoms. The summed E-state index contributed by atoms with van der Waals surface area (Å²) in [5.74, 6) is 0.147. The number of aliphatic hydroxyl groups is 1. The minimum atomic E-state index is -0.874. The molecule has 0 radical (unpaired) electrons.